The van der Waals surface area contributed by atoms with Gasteiger partial charge in [-0.25, -0.2) is 4.68 Å². The Morgan fingerprint density at radius 1 is 1.12 bits per heavy atom. The highest BCUT2D eigenvalue weighted by Crippen LogP contribution is 2.31. The van der Waals surface area contributed by atoms with Crippen LogP contribution in [0.1, 0.15) is 30.3 Å². The van der Waals surface area contributed by atoms with Gasteiger partial charge in [-0.3, -0.25) is 14.5 Å². The Balaban J connectivity index is 1.53. The Morgan fingerprint density at radius 3 is 2.56 bits per heavy atom. The van der Waals surface area contributed by atoms with Gasteiger partial charge < -0.3 is 10.2 Å². The molecule has 7 heteroatoms. The molecule has 0 bridgehead atoms. The van der Waals surface area contributed by atoms with E-state index in [1.165, 1.54) is 0 Å². The lowest BCUT2D eigenvalue weighted by Crippen LogP contribution is -2.44. The predicted molar refractivity (Wildman–Crippen MR) is 126 cm³/mol. The molecule has 0 saturated heterocycles. The first-order chi connectivity index (χ1) is 15.3. The molecule has 0 spiro atoms. The number of anilines is 2. The molecule has 2 heterocycles. The summed E-state index contributed by atoms with van der Waals surface area (Å²) in [4.78, 5) is 29.3. The zero-order chi connectivity index (χ0) is 22.8. The highest BCUT2D eigenvalue weighted by Gasteiger charge is 2.30. The molecule has 1 N–H and O–H groups in total. The van der Waals surface area contributed by atoms with Crippen molar-refractivity contribution in [2.75, 3.05) is 23.8 Å². The Bertz CT molecular complexity index is 1140. The van der Waals surface area contributed by atoms with Crippen molar-refractivity contribution in [2.45, 2.75) is 39.8 Å². The number of carbonyl (C=O) groups is 2. The van der Waals surface area contributed by atoms with Gasteiger partial charge in [-0.1, -0.05) is 30.3 Å². The fourth-order valence-corrected chi connectivity index (χ4v) is 4.33. The smallest absolute Gasteiger partial charge is 0.241 e. The van der Waals surface area contributed by atoms with Crippen LogP contribution in [0.5, 0.6) is 0 Å². The molecule has 0 radical (unpaired) electrons. The van der Waals surface area contributed by atoms with Crippen LogP contribution in [0.25, 0.3) is 5.69 Å². The number of nitrogens with one attached hydrogen (secondary N) is 1. The Labute approximate surface area is 188 Å². The summed E-state index contributed by atoms with van der Waals surface area (Å²) < 4.78 is 1.95. The second-order valence-electron chi connectivity index (χ2n) is 8.45. The number of hydrogen-bond donors (Lipinski definition) is 1. The molecule has 7 nitrogen and oxygen atoms in total. The van der Waals surface area contributed by atoms with E-state index in [-0.39, 0.29) is 30.8 Å². The summed E-state index contributed by atoms with van der Waals surface area (Å²) in [6, 6.07) is 17.3. The molecule has 2 amide bonds. The zero-order valence-corrected chi connectivity index (χ0v) is 19.0. The van der Waals surface area contributed by atoms with Gasteiger partial charge in [0.1, 0.15) is 0 Å². The number of nitrogens with zero attached hydrogens (tertiary/aromatic N) is 4. The minimum atomic E-state index is -0.219. The topological polar surface area (TPSA) is 70.5 Å². The monoisotopic (exact) mass is 431 g/mol. The number of hydrogen-bond acceptors (Lipinski definition) is 4. The average molecular weight is 432 g/mol. The van der Waals surface area contributed by atoms with Gasteiger partial charge in [0.05, 0.1) is 29.3 Å². The van der Waals surface area contributed by atoms with Crippen LogP contribution in [-0.4, -0.2) is 46.1 Å². The van der Waals surface area contributed by atoms with Crippen LogP contribution in [-0.2, 0) is 16.1 Å². The molecule has 0 aliphatic carbocycles. The molecular weight excluding hydrogens is 402 g/mol. The van der Waals surface area contributed by atoms with Gasteiger partial charge in [-0.2, -0.15) is 5.10 Å². The van der Waals surface area contributed by atoms with Crippen LogP contribution >= 0.6 is 0 Å². The Hall–Kier alpha value is -3.45. The minimum absolute atomic E-state index is 0.0327. The van der Waals surface area contributed by atoms with Gasteiger partial charge in [0.25, 0.3) is 0 Å². The Morgan fingerprint density at radius 2 is 1.81 bits per heavy atom. The standard InChI is InChI=1S/C25H29N5O2/c1-17-14-24(31)26-22-12-8-9-13-23(22)29(17)25(32)16-28(4)15-21-18(2)27-30(19(21)3)20-10-6-5-7-11-20/h5-13,17H,14-16H2,1-4H3,(H,26,31). The van der Waals surface area contributed by atoms with E-state index in [1.54, 1.807) is 4.90 Å². The first kappa shape index (κ1) is 21.8. The van der Waals surface area contributed by atoms with Crippen molar-refractivity contribution in [3.8, 4) is 5.69 Å². The molecule has 3 aromatic rings. The second kappa shape index (κ2) is 8.96. The van der Waals surface area contributed by atoms with E-state index in [9.17, 15) is 9.59 Å². The number of benzene rings is 2. The summed E-state index contributed by atoms with van der Waals surface area (Å²) >= 11 is 0. The maximum atomic E-state index is 13.4. The van der Waals surface area contributed by atoms with Crippen LogP contribution in [0.3, 0.4) is 0 Å². The summed E-state index contributed by atoms with van der Waals surface area (Å²) in [6.45, 7) is 6.82. The SMILES string of the molecule is Cc1nn(-c2ccccc2)c(C)c1CN(C)CC(=O)N1c2ccccc2NC(=O)CC1C. The lowest BCUT2D eigenvalue weighted by atomic mass is 10.1. The highest BCUT2D eigenvalue weighted by atomic mass is 16.2. The third-order valence-electron chi connectivity index (χ3n) is 5.90. The van der Waals surface area contributed by atoms with Crippen molar-refractivity contribution in [3.05, 3.63) is 71.5 Å². The molecule has 1 atom stereocenters. The number of para-hydroxylation sites is 3. The highest BCUT2D eigenvalue weighted by molar-refractivity contribution is 6.04. The van der Waals surface area contributed by atoms with Gasteiger partial charge in [-0.15, -0.1) is 0 Å². The van der Waals surface area contributed by atoms with Gasteiger partial charge in [0.2, 0.25) is 11.8 Å². The summed E-state index contributed by atoms with van der Waals surface area (Å²) in [5.41, 5.74) is 5.57. The molecule has 166 valence electrons. The van der Waals surface area contributed by atoms with Crippen LogP contribution in [0.4, 0.5) is 11.4 Å². The fourth-order valence-electron chi connectivity index (χ4n) is 4.33. The molecule has 32 heavy (non-hydrogen) atoms. The Kier molecular flexibility index (Phi) is 6.10. The van der Waals surface area contributed by atoms with Crippen molar-refractivity contribution in [1.29, 1.82) is 0 Å². The normalized spacial score (nSPS) is 16.0. The van der Waals surface area contributed by atoms with E-state index >= 15 is 0 Å². The van der Waals surface area contributed by atoms with Crippen molar-refractivity contribution in [3.63, 3.8) is 0 Å². The number of rotatable bonds is 5. The number of aromatic nitrogens is 2. The number of fused-ring (bicyclic) bond motifs is 1. The molecule has 4 rings (SSSR count). The van der Waals surface area contributed by atoms with Crippen LogP contribution in [0.15, 0.2) is 54.6 Å². The van der Waals surface area contributed by atoms with Crippen LogP contribution in [0, 0.1) is 13.8 Å². The summed E-state index contributed by atoms with van der Waals surface area (Å²) in [5.74, 6) is -0.108. The molecule has 0 saturated carbocycles. The maximum absolute atomic E-state index is 13.4. The lowest BCUT2D eigenvalue weighted by molar-refractivity contribution is -0.120. The third kappa shape index (κ3) is 4.29. The average Bonchev–Trinajstić information content (AvgIpc) is 2.95. The number of likely N-dealkylation sites (N-methyl/N-ethyl adjacent to an activating group) is 1. The van der Waals surface area contributed by atoms with Crippen LogP contribution in [0.2, 0.25) is 0 Å². The third-order valence-corrected chi connectivity index (χ3v) is 5.90. The van der Waals surface area contributed by atoms with E-state index in [4.69, 9.17) is 5.10 Å². The van der Waals surface area contributed by atoms with E-state index in [0.717, 1.165) is 28.3 Å². The minimum Gasteiger partial charge on any atom is -0.324 e. The molecule has 1 aliphatic rings. The molecule has 2 aromatic carbocycles. The van der Waals surface area contributed by atoms with Crippen molar-refractivity contribution < 1.29 is 9.59 Å². The second-order valence-corrected chi connectivity index (χ2v) is 8.45. The molecule has 1 aliphatic heterocycles. The quantitative estimate of drug-likeness (QED) is 0.669. The van der Waals surface area contributed by atoms with E-state index < -0.39 is 0 Å². The maximum Gasteiger partial charge on any atom is 0.241 e. The van der Waals surface area contributed by atoms with Crippen LogP contribution < -0.4 is 10.2 Å². The molecule has 0 fully saturated rings. The number of amides is 2. The van der Waals surface area contributed by atoms with Crippen molar-refractivity contribution in [1.82, 2.24) is 14.7 Å². The molecular formula is C25H29N5O2. The van der Waals surface area contributed by atoms with Gasteiger partial charge in [0, 0.05) is 30.3 Å². The summed E-state index contributed by atoms with van der Waals surface area (Å²) in [6.07, 6.45) is 0.270. The fraction of sp³-hybridized carbons (Fsp3) is 0.320. The van der Waals surface area contributed by atoms with Gasteiger partial charge in [-0.05, 0) is 52.1 Å². The van der Waals surface area contributed by atoms with Gasteiger partial charge >= 0.3 is 0 Å². The lowest BCUT2D eigenvalue weighted by Gasteiger charge is -2.29. The van der Waals surface area contributed by atoms with E-state index in [0.29, 0.717) is 12.2 Å². The van der Waals surface area contributed by atoms with Gasteiger partial charge in [0.15, 0.2) is 0 Å². The van der Waals surface area contributed by atoms with E-state index in [2.05, 4.69) is 12.2 Å². The first-order valence-electron chi connectivity index (χ1n) is 10.8. The molecule has 1 aromatic heterocycles. The summed E-state index contributed by atoms with van der Waals surface area (Å²) in [5, 5.41) is 7.62. The first-order valence-corrected chi connectivity index (χ1v) is 10.8. The van der Waals surface area contributed by atoms with Crippen molar-refractivity contribution in [2.24, 2.45) is 0 Å². The summed E-state index contributed by atoms with van der Waals surface area (Å²) in [7, 11) is 1.94. The van der Waals surface area contributed by atoms with Crippen molar-refractivity contribution >= 4 is 23.2 Å². The predicted octanol–water partition coefficient (Wildman–Crippen LogP) is 3.68. The molecule has 1 unspecified atom stereocenters. The number of carbonyl (C=O) groups excluding carboxylic acids is 2. The number of aryl methyl sites for hydroxylation is 1. The van der Waals surface area contributed by atoms with E-state index in [1.807, 2.05) is 85.1 Å². The zero-order valence-electron chi connectivity index (χ0n) is 19.0. The largest absolute Gasteiger partial charge is 0.324 e.